The standard InChI is InChI=1S/C16H21N5O4/c22-13-9-19(8-12-3-1-2-4-17-12)5-6-20(10-13)15(24)11-21-14(23)7-18-16(21)25/h1-4,13,22H,5-11H2,(H,18,25). The minimum atomic E-state index is -0.696. The molecule has 0 saturated carbocycles. The second-order valence-electron chi connectivity index (χ2n) is 6.19. The number of pyridine rings is 1. The van der Waals surface area contributed by atoms with Gasteiger partial charge in [-0.05, 0) is 12.1 Å². The van der Waals surface area contributed by atoms with Crippen LogP contribution in [-0.2, 0) is 16.1 Å². The number of hydrogen-bond acceptors (Lipinski definition) is 6. The zero-order valence-electron chi connectivity index (χ0n) is 13.8. The third-order valence-electron chi connectivity index (χ3n) is 4.28. The number of aliphatic hydroxyl groups excluding tert-OH is 1. The number of rotatable bonds is 4. The molecule has 0 spiro atoms. The fourth-order valence-electron chi connectivity index (χ4n) is 3.00. The molecule has 0 radical (unpaired) electrons. The van der Waals surface area contributed by atoms with Crippen LogP contribution in [0.15, 0.2) is 24.4 Å². The van der Waals surface area contributed by atoms with Gasteiger partial charge in [-0.2, -0.15) is 0 Å². The number of hydrogen-bond donors (Lipinski definition) is 2. The Morgan fingerprint density at radius 3 is 2.80 bits per heavy atom. The molecule has 9 heteroatoms. The molecule has 9 nitrogen and oxygen atoms in total. The van der Waals surface area contributed by atoms with E-state index in [4.69, 9.17) is 0 Å². The lowest BCUT2D eigenvalue weighted by Crippen LogP contribution is -2.45. The van der Waals surface area contributed by atoms with Crippen LogP contribution in [0.4, 0.5) is 4.79 Å². The molecule has 2 fully saturated rings. The summed E-state index contributed by atoms with van der Waals surface area (Å²) in [6.45, 7) is 1.84. The van der Waals surface area contributed by atoms with Gasteiger partial charge in [-0.15, -0.1) is 0 Å². The van der Waals surface area contributed by atoms with Crippen molar-refractivity contribution < 1.29 is 19.5 Å². The summed E-state index contributed by atoms with van der Waals surface area (Å²) < 4.78 is 0. The lowest BCUT2D eigenvalue weighted by atomic mass is 10.3. The maximum absolute atomic E-state index is 12.4. The molecule has 3 rings (SSSR count). The van der Waals surface area contributed by atoms with Crippen molar-refractivity contribution in [3.8, 4) is 0 Å². The topological polar surface area (TPSA) is 106 Å². The van der Waals surface area contributed by atoms with Gasteiger partial charge >= 0.3 is 6.03 Å². The maximum Gasteiger partial charge on any atom is 0.325 e. The molecular formula is C16H21N5O4. The fourth-order valence-corrected chi connectivity index (χ4v) is 3.00. The van der Waals surface area contributed by atoms with Crippen molar-refractivity contribution in [2.45, 2.75) is 12.6 Å². The zero-order chi connectivity index (χ0) is 17.8. The van der Waals surface area contributed by atoms with Crippen LogP contribution in [0, 0.1) is 0 Å². The Labute approximate surface area is 145 Å². The van der Waals surface area contributed by atoms with E-state index in [-0.39, 0.29) is 25.5 Å². The minimum absolute atomic E-state index is 0.0768. The highest BCUT2D eigenvalue weighted by Gasteiger charge is 2.33. The monoisotopic (exact) mass is 347 g/mol. The van der Waals surface area contributed by atoms with Crippen molar-refractivity contribution in [1.82, 2.24) is 25.0 Å². The largest absolute Gasteiger partial charge is 0.390 e. The average Bonchev–Trinajstić information content (AvgIpc) is 2.80. The summed E-state index contributed by atoms with van der Waals surface area (Å²) in [7, 11) is 0. The molecular weight excluding hydrogens is 326 g/mol. The van der Waals surface area contributed by atoms with Gasteiger partial charge in [-0.3, -0.25) is 24.4 Å². The van der Waals surface area contributed by atoms with Crippen molar-refractivity contribution in [2.24, 2.45) is 0 Å². The first-order chi connectivity index (χ1) is 12.0. The second kappa shape index (κ2) is 7.58. The molecule has 2 N–H and O–H groups in total. The minimum Gasteiger partial charge on any atom is -0.390 e. The summed E-state index contributed by atoms with van der Waals surface area (Å²) in [6.07, 6.45) is 1.02. The molecule has 1 atom stereocenters. The van der Waals surface area contributed by atoms with Crippen LogP contribution in [-0.4, -0.2) is 88.0 Å². The highest BCUT2D eigenvalue weighted by atomic mass is 16.3. The molecule has 2 aliphatic heterocycles. The van der Waals surface area contributed by atoms with Crippen molar-refractivity contribution >= 4 is 17.8 Å². The highest BCUT2D eigenvalue weighted by molar-refractivity contribution is 6.04. The van der Waals surface area contributed by atoms with Crippen LogP contribution < -0.4 is 5.32 Å². The summed E-state index contributed by atoms with van der Waals surface area (Å²) in [5.74, 6) is -0.755. The van der Waals surface area contributed by atoms with E-state index in [2.05, 4.69) is 10.3 Å². The Morgan fingerprint density at radius 2 is 2.12 bits per heavy atom. The van der Waals surface area contributed by atoms with Crippen LogP contribution in [0.25, 0.3) is 0 Å². The van der Waals surface area contributed by atoms with Crippen molar-refractivity contribution in [2.75, 3.05) is 39.3 Å². The smallest absolute Gasteiger partial charge is 0.325 e. The molecule has 2 aliphatic rings. The molecule has 0 bridgehead atoms. The Kier molecular flexibility index (Phi) is 5.25. The van der Waals surface area contributed by atoms with E-state index < -0.39 is 18.0 Å². The molecule has 1 unspecified atom stereocenters. The predicted molar refractivity (Wildman–Crippen MR) is 87.2 cm³/mol. The van der Waals surface area contributed by atoms with E-state index in [0.717, 1.165) is 10.6 Å². The van der Waals surface area contributed by atoms with Crippen LogP contribution in [0.2, 0.25) is 0 Å². The van der Waals surface area contributed by atoms with Crippen LogP contribution >= 0.6 is 0 Å². The van der Waals surface area contributed by atoms with E-state index in [1.165, 1.54) is 4.90 Å². The Bertz CT molecular complexity index is 637. The summed E-state index contributed by atoms with van der Waals surface area (Å²) in [5.41, 5.74) is 0.897. The number of β-amino-alcohol motifs (C(OH)–C–C–N with tert-alkyl or cyclic N) is 1. The van der Waals surface area contributed by atoms with E-state index in [0.29, 0.717) is 26.2 Å². The molecule has 25 heavy (non-hydrogen) atoms. The molecule has 1 aromatic rings. The van der Waals surface area contributed by atoms with Crippen LogP contribution in [0.5, 0.6) is 0 Å². The molecule has 3 heterocycles. The quantitative estimate of drug-likeness (QED) is 0.652. The first-order valence-electron chi connectivity index (χ1n) is 8.19. The number of amides is 4. The average molecular weight is 347 g/mol. The predicted octanol–water partition coefficient (Wildman–Crippen LogP) is -1.36. The highest BCUT2D eigenvalue weighted by Crippen LogP contribution is 2.09. The van der Waals surface area contributed by atoms with Gasteiger partial charge in [0.2, 0.25) is 5.91 Å². The third kappa shape index (κ3) is 4.31. The Hall–Kier alpha value is -2.52. The van der Waals surface area contributed by atoms with Crippen molar-refractivity contribution in [1.29, 1.82) is 0 Å². The lowest BCUT2D eigenvalue weighted by molar-refractivity contribution is -0.137. The number of carbonyl (C=O) groups is 3. The summed E-state index contributed by atoms with van der Waals surface area (Å²) in [6, 6.07) is 5.12. The number of nitrogens with zero attached hydrogens (tertiary/aromatic N) is 4. The van der Waals surface area contributed by atoms with Gasteiger partial charge in [0.25, 0.3) is 5.91 Å². The second-order valence-corrected chi connectivity index (χ2v) is 6.19. The first-order valence-corrected chi connectivity index (χ1v) is 8.19. The van der Waals surface area contributed by atoms with Gasteiger partial charge < -0.3 is 15.3 Å². The van der Waals surface area contributed by atoms with Gasteiger partial charge in [0.05, 0.1) is 18.3 Å². The molecule has 0 aromatic carbocycles. The molecule has 4 amide bonds. The lowest BCUT2D eigenvalue weighted by Gasteiger charge is -2.23. The van der Waals surface area contributed by atoms with Gasteiger partial charge in [-0.25, -0.2) is 4.79 Å². The van der Waals surface area contributed by atoms with E-state index in [9.17, 15) is 19.5 Å². The number of nitrogens with one attached hydrogen (secondary N) is 1. The number of urea groups is 1. The van der Waals surface area contributed by atoms with Gasteiger partial charge in [0.15, 0.2) is 0 Å². The summed E-state index contributed by atoms with van der Waals surface area (Å²) in [4.78, 5) is 44.3. The third-order valence-corrected chi connectivity index (χ3v) is 4.28. The summed E-state index contributed by atoms with van der Waals surface area (Å²) >= 11 is 0. The maximum atomic E-state index is 12.4. The Balaban J connectivity index is 1.58. The molecule has 0 aliphatic carbocycles. The molecule has 134 valence electrons. The van der Waals surface area contributed by atoms with Crippen LogP contribution in [0.1, 0.15) is 5.69 Å². The first kappa shape index (κ1) is 17.3. The van der Waals surface area contributed by atoms with E-state index in [1.807, 2.05) is 23.1 Å². The Morgan fingerprint density at radius 1 is 1.28 bits per heavy atom. The van der Waals surface area contributed by atoms with Gasteiger partial charge in [0, 0.05) is 38.9 Å². The normalized spacial score (nSPS) is 22.0. The van der Waals surface area contributed by atoms with Crippen molar-refractivity contribution in [3.05, 3.63) is 30.1 Å². The molecule has 2 saturated heterocycles. The van der Waals surface area contributed by atoms with E-state index >= 15 is 0 Å². The van der Waals surface area contributed by atoms with E-state index in [1.54, 1.807) is 6.20 Å². The number of aromatic nitrogens is 1. The summed E-state index contributed by atoms with van der Waals surface area (Å²) in [5, 5.41) is 12.6. The number of aliphatic hydroxyl groups is 1. The zero-order valence-corrected chi connectivity index (χ0v) is 13.8. The molecule has 1 aromatic heterocycles. The van der Waals surface area contributed by atoms with Gasteiger partial charge in [0.1, 0.15) is 6.54 Å². The van der Waals surface area contributed by atoms with Gasteiger partial charge in [-0.1, -0.05) is 6.07 Å². The number of imide groups is 1. The SMILES string of the molecule is O=C(CN1C(=O)CNC1=O)N1CCN(Cc2ccccn2)CC(O)C1. The number of carbonyl (C=O) groups excluding carboxylic acids is 3. The fraction of sp³-hybridized carbons (Fsp3) is 0.500. The van der Waals surface area contributed by atoms with Crippen molar-refractivity contribution in [3.63, 3.8) is 0 Å². The van der Waals surface area contributed by atoms with Crippen LogP contribution in [0.3, 0.4) is 0 Å².